The fourth-order valence-electron chi connectivity index (χ4n) is 1.46. The van der Waals surface area contributed by atoms with Crippen molar-refractivity contribution in [3.8, 4) is 0 Å². The van der Waals surface area contributed by atoms with Crippen molar-refractivity contribution in [1.82, 2.24) is 15.2 Å². The highest BCUT2D eigenvalue weighted by atomic mass is 16.1. The standard InChI is InChI=1S/C12H14N4O/c1-2-9-7-11(16-15-9)14-12(17)8-10-5-3-4-6-13-10/h3-7H,2,8H2,1H3,(H2,14,15,16,17). The summed E-state index contributed by atoms with van der Waals surface area (Å²) in [6, 6.07) is 7.33. The van der Waals surface area contributed by atoms with Gasteiger partial charge >= 0.3 is 0 Å². The van der Waals surface area contributed by atoms with Gasteiger partial charge in [0, 0.05) is 23.7 Å². The van der Waals surface area contributed by atoms with Crippen molar-refractivity contribution < 1.29 is 4.79 Å². The molecule has 2 N–H and O–H groups in total. The molecule has 0 unspecified atom stereocenters. The van der Waals surface area contributed by atoms with Crippen LogP contribution in [0, 0.1) is 0 Å². The quantitative estimate of drug-likeness (QED) is 0.837. The van der Waals surface area contributed by atoms with Crippen LogP contribution in [-0.4, -0.2) is 21.1 Å². The number of nitrogens with one attached hydrogen (secondary N) is 2. The Hall–Kier alpha value is -2.17. The molecule has 17 heavy (non-hydrogen) atoms. The van der Waals surface area contributed by atoms with Gasteiger partial charge in [0.2, 0.25) is 5.91 Å². The molecule has 2 aromatic heterocycles. The average molecular weight is 230 g/mol. The predicted octanol–water partition coefficient (Wildman–Crippen LogP) is 1.55. The number of carbonyl (C=O) groups is 1. The van der Waals surface area contributed by atoms with Crippen molar-refractivity contribution in [2.45, 2.75) is 19.8 Å². The molecule has 0 aliphatic rings. The minimum atomic E-state index is -0.113. The van der Waals surface area contributed by atoms with Crippen LogP contribution in [0.4, 0.5) is 5.82 Å². The lowest BCUT2D eigenvalue weighted by molar-refractivity contribution is -0.115. The molecule has 2 rings (SSSR count). The molecule has 88 valence electrons. The summed E-state index contributed by atoms with van der Waals surface area (Å²) >= 11 is 0. The van der Waals surface area contributed by atoms with Crippen LogP contribution in [0.15, 0.2) is 30.5 Å². The molecule has 0 saturated carbocycles. The van der Waals surface area contributed by atoms with Gasteiger partial charge in [-0.05, 0) is 18.6 Å². The third-order valence-electron chi connectivity index (χ3n) is 2.35. The Bertz CT molecular complexity index is 492. The molecule has 0 radical (unpaired) electrons. The fraction of sp³-hybridized carbons (Fsp3) is 0.250. The van der Waals surface area contributed by atoms with E-state index in [1.54, 1.807) is 6.20 Å². The molecule has 2 aromatic rings. The highest BCUT2D eigenvalue weighted by molar-refractivity contribution is 5.91. The number of hydrogen-bond acceptors (Lipinski definition) is 3. The summed E-state index contributed by atoms with van der Waals surface area (Å²) in [5.41, 5.74) is 1.74. The first-order valence-electron chi connectivity index (χ1n) is 5.52. The van der Waals surface area contributed by atoms with Gasteiger partial charge in [-0.3, -0.25) is 14.9 Å². The molecule has 0 aromatic carbocycles. The summed E-state index contributed by atoms with van der Waals surface area (Å²) in [6.07, 6.45) is 2.80. The summed E-state index contributed by atoms with van der Waals surface area (Å²) in [5, 5.41) is 9.56. The van der Waals surface area contributed by atoms with E-state index in [2.05, 4.69) is 20.5 Å². The number of anilines is 1. The number of amides is 1. The zero-order valence-corrected chi connectivity index (χ0v) is 9.60. The number of rotatable bonds is 4. The Labute approximate surface area is 99.3 Å². The Kier molecular flexibility index (Phi) is 3.49. The number of aromatic amines is 1. The number of aryl methyl sites for hydroxylation is 1. The van der Waals surface area contributed by atoms with Gasteiger partial charge in [0.25, 0.3) is 0 Å². The summed E-state index contributed by atoms with van der Waals surface area (Å²) in [6.45, 7) is 2.02. The molecule has 0 saturated heterocycles. The topological polar surface area (TPSA) is 70.7 Å². The van der Waals surface area contributed by atoms with Crippen LogP contribution in [0.1, 0.15) is 18.3 Å². The normalized spacial score (nSPS) is 10.2. The van der Waals surface area contributed by atoms with Crippen molar-refractivity contribution in [1.29, 1.82) is 0 Å². The smallest absolute Gasteiger partial charge is 0.231 e. The van der Waals surface area contributed by atoms with E-state index in [0.717, 1.165) is 17.8 Å². The average Bonchev–Trinajstić information content (AvgIpc) is 2.78. The third-order valence-corrected chi connectivity index (χ3v) is 2.35. The van der Waals surface area contributed by atoms with Gasteiger partial charge in [-0.25, -0.2) is 0 Å². The van der Waals surface area contributed by atoms with E-state index >= 15 is 0 Å². The lowest BCUT2D eigenvalue weighted by Gasteiger charge is -2.00. The van der Waals surface area contributed by atoms with Crippen LogP contribution in [0.25, 0.3) is 0 Å². The lowest BCUT2D eigenvalue weighted by Crippen LogP contribution is -2.15. The second kappa shape index (κ2) is 5.25. The van der Waals surface area contributed by atoms with E-state index < -0.39 is 0 Å². The SMILES string of the molecule is CCc1cc(NC(=O)Cc2ccccn2)n[nH]1. The van der Waals surface area contributed by atoms with E-state index in [4.69, 9.17) is 0 Å². The Balaban J connectivity index is 1.93. The van der Waals surface area contributed by atoms with Crippen LogP contribution in [0.5, 0.6) is 0 Å². The van der Waals surface area contributed by atoms with Gasteiger partial charge in [0.15, 0.2) is 5.82 Å². The maximum absolute atomic E-state index is 11.7. The van der Waals surface area contributed by atoms with Crippen molar-refractivity contribution in [3.05, 3.63) is 41.9 Å². The molecule has 0 aliphatic carbocycles. The molecule has 5 nitrogen and oxygen atoms in total. The van der Waals surface area contributed by atoms with E-state index in [1.165, 1.54) is 0 Å². The van der Waals surface area contributed by atoms with Gasteiger partial charge in [-0.15, -0.1) is 0 Å². The van der Waals surface area contributed by atoms with Crippen LogP contribution in [0.2, 0.25) is 0 Å². The molecule has 0 aliphatic heterocycles. The Morgan fingerprint density at radius 1 is 1.47 bits per heavy atom. The van der Waals surface area contributed by atoms with Gasteiger partial charge in [-0.1, -0.05) is 13.0 Å². The molecular weight excluding hydrogens is 216 g/mol. The minimum Gasteiger partial charge on any atom is -0.309 e. The largest absolute Gasteiger partial charge is 0.309 e. The van der Waals surface area contributed by atoms with Gasteiger partial charge < -0.3 is 5.32 Å². The van der Waals surface area contributed by atoms with Crippen molar-refractivity contribution in [3.63, 3.8) is 0 Å². The first kappa shape index (κ1) is 11.3. The second-order valence-electron chi connectivity index (χ2n) is 3.68. The minimum absolute atomic E-state index is 0.113. The first-order valence-corrected chi connectivity index (χ1v) is 5.52. The van der Waals surface area contributed by atoms with E-state index in [0.29, 0.717) is 5.82 Å². The van der Waals surface area contributed by atoms with Gasteiger partial charge in [0.1, 0.15) is 0 Å². The van der Waals surface area contributed by atoms with Crippen LogP contribution in [-0.2, 0) is 17.6 Å². The summed E-state index contributed by atoms with van der Waals surface area (Å²) in [7, 11) is 0. The number of H-pyrrole nitrogens is 1. The molecular formula is C12H14N4O. The first-order chi connectivity index (χ1) is 8.28. The summed E-state index contributed by atoms with van der Waals surface area (Å²) < 4.78 is 0. The van der Waals surface area contributed by atoms with E-state index in [1.807, 2.05) is 31.2 Å². The van der Waals surface area contributed by atoms with Crippen LogP contribution < -0.4 is 5.32 Å². The lowest BCUT2D eigenvalue weighted by atomic mass is 10.2. The van der Waals surface area contributed by atoms with Crippen LogP contribution in [0.3, 0.4) is 0 Å². The van der Waals surface area contributed by atoms with E-state index in [-0.39, 0.29) is 12.3 Å². The fourth-order valence-corrected chi connectivity index (χ4v) is 1.46. The monoisotopic (exact) mass is 230 g/mol. The van der Waals surface area contributed by atoms with Crippen LogP contribution >= 0.6 is 0 Å². The number of nitrogens with zero attached hydrogens (tertiary/aromatic N) is 2. The predicted molar refractivity (Wildman–Crippen MR) is 64.5 cm³/mol. The molecule has 0 bridgehead atoms. The molecule has 0 atom stereocenters. The van der Waals surface area contributed by atoms with Gasteiger partial charge in [-0.2, -0.15) is 5.10 Å². The summed E-state index contributed by atoms with van der Waals surface area (Å²) in [4.78, 5) is 15.8. The number of aromatic nitrogens is 3. The molecule has 0 fully saturated rings. The number of carbonyl (C=O) groups excluding carboxylic acids is 1. The molecule has 5 heteroatoms. The zero-order valence-electron chi connectivity index (χ0n) is 9.60. The zero-order chi connectivity index (χ0) is 12.1. The van der Waals surface area contributed by atoms with Crippen molar-refractivity contribution in [2.75, 3.05) is 5.32 Å². The van der Waals surface area contributed by atoms with Gasteiger partial charge in [0.05, 0.1) is 6.42 Å². The van der Waals surface area contributed by atoms with Crippen molar-refractivity contribution >= 4 is 11.7 Å². The highest BCUT2D eigenvalue weighted by Gasteiger charge is 2.06. The highest BCUT2D eigenvalue weighted by Crippen LogP contribution is 2.06. The molecule has 1 amide bonds. The number of hydrogen-bond donors (Lipinski definition) is 2. The third kappa shape index (κ3) is 3.14. The maximum atomic E-state index is 11.7. The Morgan fingerprint density at radius 3 is 3.00 bits per heavy atom. The summed E-state index contributed by atoms with van der Waals surface area (Å²) in [5.74, 6) is 0.445. The van der Waals surface area contributed by atoms with Crippen molar-refractivity contribution in [2.24, 2.45) is 0 Å². The number of pyridine rings is 1. The molecule has 0 spiro atoms. The van der Waals surface area contributed by atoms with E-state index in [9.17, 15) is 4.79 Å². The Morgan fingerprint density at radius 2 is 2.35 bits per heavy atom. The second-order valence-corrected chi connectivity index (χ2v) is 3.68. The molecule has 2 heterocycles. The maximum Gasteiger partial charge on any atom is 0.231 e.